The van der Waals surface area contributed by atoms with E-state index in [1.807, 2.05) is 25.1 Å². The Kier molecular flexibility index (Phi) is 3.43. The first-order chi connectivity index (χ1) is 8.66. The first-order valence-corrected chi connectivity index (χ1v) is 5.49. The van der Waals surface area contributed by atoms with Crippen LogP contribution in [0.5, 0.6) is 0 Å². The lowest BCUT2D eigenvalue weighted by Crippen LogP contribution is -2.35. The quantitative estimate of drug-likeness (QED) is 0.662. The van der Waals surface area contributed by atoms with Gasteiger partial charge >= 0.3 is 0 Å². The third kappa shape index (κ3) is 2.76. The van der Waals surface area contributed by atoms with Gasteiger partial charge in [0.1, 0.15) is 5.69 Å². The normalized spacial score (nSPS) is 9.83. The van der Waals surface area contributed by atoms with Crippen molar-refractivity contribution >= 4 is 11.4 Å². The van der Waals surface area contributed by atoms with Gasteiger partial charge in [-0.3, -0.25) is 0 Å². The average molecular weight is 243 g/mol. The number of hydrogen-bond acceptors (Lipinski definition) is 3. The highest BCUT2D eigenvalue weighted by Gasteiger charge is 2.16. The van der Waals surface area contributed by atoms with Crippen molar-refractivity contribution in [2.24, 2.45) is 0 Å². The van der Waals surface area contributed by atoms with Crippen LogP contribution < -0.4 is 10.5 Å². The van der Waals surface area contributed by atoms with Gasteiger partial charge in [-0.2, -0.15) is 0 Å². The number of hydrazine groups is 2. The molecule has 5 nitrogen and oxygen atoms in total. The standard InChI is InChI=1S/C13H13N3O2/c1-11-7-9-12(10-8-11)14-15(16(17)18)13-5-3-2-4-6-13/h2-10,14H,1H3. The van der Waals surface area contributed by atoms with Crippen LogP contribution in [-0.4, -0.2) is 5.03 Å². The Morgan fingerprint density at radius 2 is 1.67 bits per heavy atom. The lowest BCUT2D eigenvalue weighted by atomic mass is 10.2. The molecular formula is C13H13N3O2. The lowest BCUT2D eigenvalue weighted by molar-refractivity contribution is -0.490. The SMILES string of the molecule is Cc1ccc(NN(c2ccccc2)[N+](=O)[O-])cc1. The minimum atomic E-state index is -0.491. The predicted octanol–water partition coefficient (Wildman–Crippen LogP) is 3.02. The van der Waals surface area contributed by atoms with E-state index < -0.39 is 5.03 Å². The van der Waals surface area contributed by atoms with Gasteiger partial charge in [0.05, 0.1) is 5.69 Å². The van der Waals surface area contributed by atoms with Gasteiger partial charge in [0, 0.05) is 5.12 Å². The highest BCUT2D eigenvalue weighted by molar-refractivity contribution is 5.52. The fourth-order valence-electron chi connectivity index (χ4n) is 1.52. The molecule has 2 aromatic rings. The molecule has 0 aliphatic rings. The molecule has 18 heavy (non-hydrogen) atoms. The molecule has 0 radical (unpaired) electrons. The molecule has 0 aliphatic heterocycles. The Morgan fingerprint density at radius 3 is 2.22 bits per heavy atom. The van der Waals surface area contributed by atoms with E-state index >= 15 is 0 Å². The molecule has 0 bridgehead atoms. The van der Waals surface area contributed by atoms with Gasteiger partial charge < -0.3 is 0 Å². The van der Waals surface area contributed by atoms with E-state index in [4.69, 9.17) is 0 Å². The molecule has 0 saturated carbocycles. The number of benzene rings is 2. The van der Waals surface area contributed by atoms with Gasteiger partial charge in [-0.05, 0) is 31.2 Å². The summed E-state index contributed by atoms with van der Waals surface area (Å²) in [5.41, 5.74) is 5.00. The maximum Gasteiger partial charge on any atom is 0.186 e. The minimum Gasteiger partial charge on any atom is -0.241 e. The number of nitro groups is 1. The number of nitrogens with one attached hydrogen (secondary N) is 1. The Balaban J connectivity index is 2.22. The Bertz CT molecular complexity index is 526. The number of hydrogen-bond donors (Lipinski definition) is 1. The van der Waals surface area contributed by atoms with Gasteiger partial charge in [0.15, 0.2) is 5.03 Å². The second kappa shape index (κ2) is 5.18. The zero-order chi connectivity index (χ0) is 13.0. The summed E-state index contributed by atoms with van der Waals surface area (Å²) >= 11 is 0. The molecule has 92 valence electrons. The molecule has 0 aliphatic carbocycles. The van der Waals surface area contributed by atoms with E-state index in [1.165, 1.54) is 0 Å². The monoisotopic (exact) mass is 243 g/mol. The van der Waals surface area contributed by atoms with Crippen LogP contribution in [0.4, 0.5) is 11.4 Å². The second-order valence-corrected chi connectivity index (χ2v) is 3.86. The summed E-state index contributed by atoms with van der Waals surface area (Å²) in [5, 5.41) is 11.4. The van der Waals surface area contributed by atoms with Crippen LogP contribution in [0.2, 0.25) is 0 Å². The molecule has 0 aromatic heterocycles. The van der Waals surface area contributed by atoms with Crippen LogP contribution in [0.25, 0.3) is 0 Å². The summed E-state index contributed by atoms with van der Waals surface area (Å²) in [5.74, 6) is 0. The van der Waals surface area contributed by atoms with E-state index in [2.05, 4.69) is 5.43 Å². The van der Waals surface area contributed by atoms with Crippen molar-refractivity contribution in [3.8, 4) is 0 Å². The summed E-state index contributed by atoms with van der Waals surface area (Å²) in [4.78, 5) is 11.0. The topological polar surface area (TPSA) is 58.4 Å². The molecule has 2 aromatic carbocycles. The predicted molar refractivity (Wildman–Crippen MR) is 70.7 cm³/mol. The number of aryl methyl sites for hydroxylation is 1. The van der Waals surface area contributed by atoms with Crippen LogP contribution >= 0.6 is 0 Å². The van der Waals surface area contributed by atoms with Gasteiger partial charge in [-0.15, -0.1) is 0 Å². The summed E-state index contributed by atoms with van der Waals surface area (Å²) in [7, 11) is 0. The lowest BCUT2D eigenvalue weighted by Gasteiger charge is -2.15. The Hall–Kier alpha value is -2.56. The molecule has 0 atom stereocenters. The van der Waals surface area contributed by atoms with Crippen molar-refractivity contribution in [1.29, 1.82) is 0 Å². The number of rotatable bonds is 4. The molecule has 0 unspecified atom stereocenters. The third-order valence-electron chi connectivity index (χ3n) is 2.45. The molecule has 0 amide bonds. The molecule has 1 N–H and O–H groups in total. The largest absolute Gasteiger partial charge is 0.241 e. The fraction of sp³-hybridized carbons (Fsp3) is 0.0769. The maximum absolute atomic E-state index is 11.0. The van der Waals surface area contributed by atoms with Crippen LogP contribution in [0, 0.1) is 17.0 Å². The number of nitrogens with zero attached hydrogens (tertiary/aromatic N) is 2. The van der Waals surface area contributed by atoms with Crippen molar-refractivity contribution in [2.75, 3.05) is 10.5 Å². The number of anilines is 2. The van der Waals surface area contributed by atoms with E-state index in [1.54, 1.807) is 36.4 Å². The van der Waals surface area contributed by atoms with E-state index in [0.717, 1.165) is 10.7 Å². The van der Waals surface area contributed by atoms with Gasteiger partial charge in [0.25, 0.3) is 0 Å². The molecular weight excluding hydrogens is 230 g/mol. The van der Waals surface area contributed by atoms with Crippen molar-refractivity contribution in [2.45, 2.75) is 6.92 Å². The highest BCUT2D eigenvalue weighted by atomic mass is 16.7. The summed E-state index contributed by atoms with van der Waals surface area (Å²) in [6.07, 6.45) is 0. The molecule has 0 fully saturated rings. The molecule has 0 spiro atoms. The van der Waals surface area contributed by atoms with E-state index in [-0.39, 0.29) is 0 Å². The average Bonchev–Trinajstić information content (AvgIpc) is 2.38. The van der Waals surface area contributed by atoms with Crippen LogP contribution in [0.1, 0.15) is 5.56 Å². The summed E-state index contributed by atoms with van der Waals surface area (Å²) in [6, 6.07) is 16.0. The van der Waals surface area contributed by atoms with Gasteiger partial charge in [-0.1, -0.05) is 35.9 Å². The zero-order valence-electron chi connectivity index (χ0n) is 9.91. The maximum atomic E-state index is 11.0. The summed E-state index contributed by atoms with van der Waals surface area (Å²) < 4.78 is 0. The molecule has 5 heteroatoms. The van der Waals surface area contributed by atoms with Gasteiger partial charge in [-0.25, -0.2) is 15.5 Å². The molecule has 2 rings (SSSR count). The smallest absolute Gasteiger partial charge is 0.186 e. The minimum absolute atomic E-state index is 0.475. The van der Waals surface area contributed by atoms with Crippen molar-refractivity contribution in [3.63, 3.8) is 0 Å². The Morgan fingerprint density at radius 1 is 1.06 bits per heavy atom. The Labute approximate surface area is 105 Å². The van der Waals surface area contributed by atoms with Crippen LogP contribution in [-0.2, 0) is 0 Å². The van der Waals surface area contributed by atoms with E-state index in [0.29, 0.717) is 11.4 Å². The van der Waals surface area contributed by atoms with E-state index in [9.17, 15) is 10.1 Å². The molecule has 0 saturated heterocycles. The second-order valence-electron chi connectivity index (χ2n) is 3.86. The first-order valence-electron chi connectivity index (χ1n) is 5.49. The van der Waals surface area contributed by atoms with Crippen LogP contribution in [0.15, 0.2) is 54.6 Å². The third-order valence-corrected chi connectivity index (χ3v) is 2.45. The van der Waals surface area contributed by atoms with Crippen molar-refractivity contribution < 1.29 is 5.03 Å². The van der Waals surface area contributed by atoms with Crippen LogP contribution in [0.3, 0.4) is 0 Å². The van der Waals surface area contributed by atoms with Crippen molar-refractivity contribution in [3.05, 3.63) is 70.3 Å². The first kappa shape index (κ1) is 11.9. The van der Waals surface area contributed by atoms with Gasteiger partial charge in [0.2, 0.25) is 0 Å². The molecule has 0 heterocycles. The summed E-state index contributed by atoms with van der Waals surface area (Å²) in [6.45, 7) is 1.96. The fourth-order valence-corrected chi connectivity index (χ4v) is 1.52. The van der Waals surface area contributed by atoms with Crippen molar-refractivity contribution in [1.82, 2.24) is 0 Å². The zero-order valence-corrected chi connectivity index (χ0v) is 9.91. The number of para-hydroxylation sites is 1. The highest BCUT2D eigenvalue weighted by Crippen LogP contribution is 2.16.